The molecular formula is C7H4FNO2. The summed E-state index contributed by atoms with van der Waals surface area (Å²) in [5.41, 5.74) is -0.378. The largest absolute Gasteiger partial charge is 0.425 e. The van der Waals surface area contributed by atoms with Gasteiger partial charge in [-0.05, 0) is 6.07 Å². The number of nitrogens with one attached hydrogen (secondary N) is 1. The maximum Gasteiger partial charge on any atom is 0.291 e. The summed E-state index contributed by atoms with van der Waals surface area (Å²) in [5.74, 6) is 0. The van der Waals surface area contributed by atoms with Crippen LogP contribution in [0.5, 0.6) is 0 Å². The Balaban J connectivity index is 3.02. The number of aromatic amines is 1. The van der Waals surface area contributed by atoms with Gasteiger partial charge < -0.3 is 9.40 Å². The number of furan rings is 1. The van der Waals surface area contributed by atoms with Crippen molar-refractivity contribution in [2.24, 2.45) is 0 Å². The predicted molar refractivity (Wildman–Crippen MR) is 36.8 cm³/mol. The molecular weight excluding hydrogens is 149 g/mol. The summed E-state index contributed by atoms with van der Waals surface area (Å²) in [7, 11) is 0. The first-order valence-corrected chi connectivity index (χ1v) is 3.04. The van der Waals surface area contributed by atoms with Crippen molar-refractivity contribution in [1.82, 2.24) is 4.98 Å². The number of hydrogen-bond acceptors (Lipinski definition) is 2. The van der Waals surface area contributed by atoms with Gasteiger partial charge in [0.15, 0.2) is 0 Å². The summed E-state index contributed by atoms with van der Waals surface area (Å²) in [4.78, 5) is 13.2. The number of aromatic nitrogens is 1. The molecule has 11 heavy (non-hydrogen) atoms. The number of halogens is 1. The van der Waals surface area contributed by atoms with Gasteiger partial charge in [-0.1, -0.05) is 0 Å². The minimum atomic E-state index is -0.739. The Kier molecular flexibility index (Phi) is 1.09. The molecule has 0 atom stereocenters. The van der Waals surface area contributed by atoms with Crippen molar-refractivity contribution >= 4 is 11.0 Å². The first kappa shape index (κ1) is 6.15. The highest BCUT2D eigenvalue weighted by atomic mass is 19.1. The Labute approximate surface area is 60.5 Å². The molecule has 2 heterocycles. The van der Waals surface area contributed by atoms with Crippen LogP contribution in [0.2, 0.25) is 0 Å². The van der Waals surface area contributed by atoms with Crippen LogP contribution in [0.1, 0.15) is 0 Å². The molecule has 3 nitrogen and oxygen atoms in total. The molecule has 0 saturated carbocycles. The van der Waals surface area contributed by atoms with Gasteiger partial charge in [-0.25, -0.2) is 0 Å². The Morgan fingerprint density at radius 1 is 1.55 bits per heavy atom. The molecule has 56 valence electrons. The van der Waals surface area contributed by atoms with Gasteiger partial charge >= 0.3 is 0 Å². The smallest absolute Gasteiger partial charge is 0.291 e. The van der Waals surface area contributed by atoms with Crippen LogP contribution in [0.25, 0.3) is 11.0 Å². The molecule has 1 N–H and O–H groups in total. The lowest BCUT2D eigenvalue weighted by molar-refractivity contribution is 0.379. The van der Waals surface area contributed by atoms with E-state index in [1.807, 2.05) is 0 Å². The second kappa shape index (κ2) is 1.95. The lowest BCUT2D eigenvalue weighted by Crippen LogP contribution is -2.01. The zero-order valence-electron chi connectivity index (χ0n) is 5.43. The molecule has 0 aliphatic heterocycles. The Bertz CT molecular complexity index is 443. The van der Waals surface area contributed by atoms with Gasteiger partial charge in [0.05, 0.1) is 0 Å². The lowest BCUT2D eigenvalue weighted by Gasteiger charge is -1.82. The van der Waals surface area contributed by atoms with Gasteiger partial charge in [0, 0.05) is 17.6 Å². The van der Waals surface area contributed by atoms with Crippen LogP contribution in [0.3, 0.4) is 0 Å². The van der Waals surface area contributed by atoms with Gasteiger partial charge in [0.2, 0.25) is 5.58 Å². The van der Waals surface area contributed by atoms with E-state index in [4.69, 9.17) is 0 Å². The van der Waals surface area contributed by atoms with Gasteiger partial charge in [-0.2, -0.15) is 4.39 Å². The molecule has 0 radical (unpaired) electrons. The maximum absolute atomic E-state index is 12.4. The fourth-order valence-corrected chi connectivity index (χ4v) is 0.948. The Morgan fingerprint density at radius 3 is 3.09 bits per heavy atom. The van der Waals surface area contributed by atoms with E-state index >= 15 is 0 Å². The van der Waals surface area contributed by atoms with Crippen LogP contribution < -0.4 is 5.56 Å². The van der Waals surface area contributed by atoms with Crippen molar-refractivity contribution in [2.45, 2.75) is 0 Å². The minimum absolute atomic E-state index is 0.0324. The number of hydrogen-bond donors (Lipinski definition) is 1. The molecule has 4 heteroatoms. The number of pyridine rings is 1. The third-order valence-electron chi connectivity index (χ3n) is 1.41. The predicted octanol–water partition coefficient (Wildman–Crippen LogP) is 1.26. The topological polar surface area (TPSA) is 46.0 Å². The number of fused-ring (bicyclic) bond motifs is 1. The highest BCUT2D eigenvalue weighted by Gasteiger charge is 2.04. The first-order chi connectivity index (χ1) is 5.27. The van der Waals surface area contributed by atoms with E-state index in [0.29, 0.717) is 5.39 Å². The molecule has 2 aromatic heterocycles. The van der Waals surface area contributed by atoms with Crippen molar-refractivity contribution in [2.75, 3.05) is 0 Å². The normalized spacial score (nSPS) is 10.6. The molecule has 0 aliphatic carbocycles. The quantitative estimate of drug-likeness (QED) is 0.619. The van der Waals surface area contributed by atoms with Crippen molar-refractivity contribution < 1.29 is 8.81 Å². The Morgan fingerprint density at radius 2 is 2.36 bits per heavy atom. The summed E-state index contributed by atoms with van der Waals surface area (Å²) in [6, 6.07) is 2.00. The third-order valence-corrected chi connectivity index (χ3v) is 1.41. The van der Waals surface area contributed by atoms with Gasteiger partial charge in [0.25, 0.3) is 11.6 Å². The molecule has 2 rings (SSSR count). The van der Waals surface area contributed by atoms with Crippen molar-refractivity contribution in [3.63, 3.8) is 0 Å². The zero-order chi connectivity index (χ0) is 7.84. The monoisotopic (exact) mass is 153 g/mol. The van der Waals surface area contributed by atoms with Gasteiger partial charge in [-0.15, -0.1) is 0 Å². The van der Waals surface area contributed by atoms with E-state index < -0.39 is 11.6 Å². The van der Waals surface area contributed by atoms with E-state index in [0.717, 1.165) is 0 Å². The van der Waals surface area contributed by atoms with Gasteiger partial charge in [-0.3, -0.25) is 4.79 Å². The minimum Gasteiger partial charge on any atom is -0.425 e. The molecule has 0 saturated heterocycles. The molecule has 2 aromatic rings. The Hall–Kier alpha value is -1.58. The highest BCUT2D eigenvalue weighted by molar-refractivity contribution is 5.75. The summed E-state index contributed by atoms with van der Waals surface area (Å²) in [6.07, 6.45) is 1.44. The van der Waals surface area contributed by atoms with E-state index in [-0.39, 0.29) is 5.58 Å². The number of H-pyrrole nitrogens is 1. The summed E-state index contributed by atoms with van der Waals surface area (Å²) in [5, 5.41) is 0.478. The van der Waals surface area contributed by atoms with E-state index in [2.05, 4.69) is 9.40 Å². The standard InChI is InChI=1S/C7H4FNO2/c8-5-3-4-1-2-9-7(10)6(4)11-5/h1-3H,(H,9,10). The summed E-state index contributed by atoms with van der Waals surface area (Å²) >= 11 is 0. The fourth-order valence-electron chi connectivity index (χ4n) is 0.948. The van der Waals surface area contributed by atoms with Crippen LogP contribution >= 0.6 is 0 Å². The summed E-state index contributed by atoms with van der Waals surface area (Å²) < 4.78 is 16.9. The van der Waals surface area contributed by atoms with E-state index in [1.54, 1.807) is 6.07 Å². The molecule has 0 spiro atoms. The maximum atomic E-state index is 12.4. The first-order valence-electron chi connectivity index (χ1n) is 3.04. The van der Waals surface area contributed by atoms with Crippen LogP contribution in [0, 0.1) is 6.01 Å². The molecule has 0 aliphatic rings. The SMILES string of the molecule is O=c1[nH]ccc2cc(F)oc12. The van der Waals surface area contributed by atoms with E-state index in [1.165, 1.54) is 12.3 Å². The second-order valence-corrected chi connectivity index (χ2v) is 2.14. The number of rotatable bonds is 0. The zero-order valence-corrected chi connectivity index (χ0v) is 5.43. The molecule has 0 aromatic carbocycles. The average Bonchev–Trinajstić information content (AvgIpc) is 2.31. The fraction of sp³-hybridized carbons (Fsp3) is 0. The molecule has 0 fully saturated rings. The van der Waals surface area contributed by atoms with E-state index in [9.17, 15) is 9.18 Å². The second-order valence-electron chi connectivity index (χ2n) is 2.14. The van der Waals surface area contributed by atoms with Gasteiger partial charge in [0.1, 0.15) is 0 Å². The third kappa shape index (κ3) is 0.832. The van der Waals surface area contributed by atoms with Crippen molar-refractivity contribution in [1.29, 1.82) is 0 Å². The lowest BCUT2D eigenvalue weighted by atomic mass is 10.3. The molecule has 0 amide bonds. The van der Waals surface area contributed by atoms with Crippen LogP contribution in [0.15, 0.2) is 27.5 Å². The van der Waals surface area contributed by atoms with Crippen LogP contribution in [0.4, 0.5) is 4.39 Å². The molecule has 0 bridgehead atoms. The average molecular weight is 153 g/mol. The highest BCUT2D eigenvalue weighted by Crippen LogP contribution is 2.12. The van der Waals surface area contributed by atoms with Crippen LogP contribution in [-0.2, 0) is 0 Å². The van der Waals surface area contributed by atoms with Crippen molar-refractivity contribution in [3.8, 4) is 0 Å². The molecule has 0 unspecified atom stereocenters. The van der Waals surface area contributed by atoms with Crippen molar-refractivity contribution in [3.05, 3.63) is 34.7 Å². The van der Waals surface area contributed by atoms with Crippen LogP contribution in [-0.4, -0.2) is 4.98 Å². The summed E-state index contributed by atoms with van der Waals surface area (Å²) in [6.45, 7) is 0.